The number of nitrogens with zero attached hydrogens (tertiary/aromatic N) is 1. The predicted molar refractivity (Wildman–Crippen MR) is 166 cm³/mol. The molecular weight excluding hydrogens is 601 g/mol. The summed E-state index contributed by atoms with van der Waals surface area (Å²) in [6.07, 6.45) is -0.698. The van der Waals surface area contributed by atoms with Gasteiger partial charge in [-0.05, 0) is 83.5 Å². The number of amides is 1. The predicted octanol–water partition coefficient (Wildman–Crippen LogP) is 7.08. The van der Waals surface area contributed by atoms with Crippen molar-refractivity contribution in [3.05, 3.63) is 63.8 Å². The van der Waals surface area contributed by atoms with Crippen molar-refractivity contribution in [1.29, 1.82) is 0 Å². The topological polar surface area (TPSA) is 127 Å². The number of H-pyrrole nitrogens is 1. The van der Waals surface area contributed by atoms with Crippen LogP contribution in [0.1, 0.15) is 57.6 Å². The molecule has 0 unspecified atom stereocenters. The number of hydrogen-bond acceptors (Lipinski definition) is 7. The van der Waals surface area contributed by atoms with Crippen LogP contribution in [0.2, 0.25) is 10.0 Å². The number of carbonyl (C=O) groups is 2. The average molecular weight is 635 g/mol. The fraction of sp³-hybridized carbons (Fsp3) is 0.367. The lowest BCUT2D eigenvalue weighted by atomic mass is 10.0. The molecule has 2 heterocycles. The summed E-state index contributed by atoms with van der Waals surface area (Å²) < 4.78 is 37.3. The number of aromatic nitrogens is 2. The van der Waals surface area contributed by atoms with Crippen LogP contribution in [-0.2, 0) is 25.1 Å². The van der Waals surface area contributed by atoms with Crippen molar-refractivity contribution in [3.8, 4) is 11.3 Å². The third-order valence-corrected chi connectivity index (χ3v) is 7.98. The summed E-state index contributed by atoms with van der Waals surface area (Å²) in [5.41, 5.74) is 0.989. The molecule has 12 heteroatoms. The Morgan fingerprint density at radius 1 is 0.905 bits per heavy atom. The number of fused-ring (bicyclic) bond motifs is 2. The van der Waals surface area contributed by atoms with E-state index in [1.165, 1.54) is 0 Å². The van der Waals surface area contributed by atoms with Crippen molar-refractivity contribution >= 4 is 66.9 Å². The first-order chi connectivity index (χ1) is 19.4. The number of carbonyl (C=O) groups excluding carboxylic acids is 2. The number of halogens is 2. The van der Waals surface area contributed by atoms with Crippen LogP contribution in [-0.4, -0.2) is 53.9 Å². The summed E-state index contributed by atoms with van der Waals surface area (Å²) in [5, 5.41) is 4.55. The molecule has 0 radical (unpaired) electrons. The SMILES string of the molecule is CC(C)(C)OC(=O)NCCS(=O)(=O)Cc1cc(-c2c(C(=O)OC(C)(C)C)[nH]c3ccc(Cl)cc23)nc2cc(Cl)ccc12. The number of esters is 1. The third-order valence-electron chi connectivity index (χ3n) is 5.93. The number of pyridine rings is 1. The molecule has 0 bridgehead atoms. The van der Waals surface area contributed by atoms with Crippen molar-refractivity contribution in [2.24, 2.45) is 0 Å². The number of rotatable bonds is 7. The first kappa shape index (κ1) is 31.6. The van der Waals surface area contributed by atoms with Gasteiger partial charge in [-0.15, -0.1) is 0 Å². The minimum atomic E-state index is -3.71. The van der Waals surface area contributed by atoms with Crippen LogP contribution < -0.4 is 5.32 Å². The van der Waals surface area contributed by atoms with Crippen LogP contribution >= 0.6 is 23.2 Å². The fourth-order valence-corrected chi connectivity index (χ4v) is 5.97. The maximum Gasteiger partial charge on any atom is 0.407 e. The van der Waals surface area contributed by atoms with Gasteiger partial charge in [-0.3, -0.25) is 0 Å². The standard InChI is InChI=1S/C30H33Cl2N3O6S/c1-29(2,3)40-27(36)26-25(21-14-18(31)8-10-22(21)35-26)24-13-17(20-9-7-19(32)15-23(20)34-24)16-42(38,39)12-11-33-28(37)41-30(4,5)6/h7-10,13-15,35H,11-12,16H2,1-6H3,(H,33,37). The van der Waals surface area contributed by atoms with Crippen LogP contribution in [0.3, 0.4) is 0 Å². The fourth-order valence-electron chi connectivity index (χ4n) is 4.37. The molecule has 0 saturated heterocycles. The first-order valence-corrected chi connectivity index (χ1v) is 15.8. The lowest BCUT2D eigenvalue weighted by molar-refractivity contribution is 0.00644. The second-order valence-electron chi connectivity index (χ2n) is 11.9. The average Bonchev–Trinajstić information content (AvgIpc) is 3.20. The van der Waals surface area contributed by atoms with Gasteiger partial charge in [0.1, 0.15) is 16.9 Å². The van der Waals surface area contributed by atoms with Gasteiger partial charge in [-0.25, -0.2) is 23.0 Å². The molecule has 2 aromatic heterocycles. The van der Waals surface area contributed by atoms with E-state index in [-0.39, 0.29) is 23.7 Å². The van der Waals surface area contributed by atoms with Gasteiger partial charge < -0.3 is 19.8 Å². The maximum atomic E-state index is 13.3. The van der Waals surface area contributed by atoms with Gasteiger partial charge in [0.2, 0.25) is 0 Å². The van der Waals surface area contributed by atoms with E-state index in [0.29, 0.717) is 48.7 Å². The lowest BCUT2D eigenvalue weighted by Crippen LogP contribution is -2.35. The highest BCUT2D eigenvalue weighted by molar-refractivity contribution is 7.90. The molecule has 224 valence electrons. The number of alkyl carbamates (subject to hydrolysis) is 1. The van der Waals surface area contributed by atoms with Gasteiger partial charge in [0, 0.05) is 38.4 Å². The molecule has 42 heavy (non-hydrogen) atoms. The number of aromatic amines is 1. The number of sulfone groups is 1. The second-order valence-corrected chi connectivity index (χ2v) is 15.0. The highest BCUT2D eigenvalue weighted by Gasteiger charge is 2.27. The van der Waals surface area contributed by atoms with Crippen LogP contribution in [0.4, 0.5) is 4.79 Å². The van der Waals surface area contributed by atoms with E-state index in [4.69, 9.17) is 37.7 Å². The van der Waals surface area contributed by atoms with E-state index in [0.717, 1.165) is 0 Å². The second kappa shape index (κ2) is 11.7. The molecule has 0 aliphatic carbocycles. The minimum Gasteiger partial charge on any atom is -0.455 e. The normalized spacial score (nSPS) is 12.5. The van der Waals surface area contributed by atoms with Gasteiger partial charge >= 0.3 is 12.1 Å². The Hall–Kier alpha value is -3.34. The smallest absolute Gasteiger partial charge is 0.407 e. The Balaban J connectivity index is 1.79. The summed E-state index contributed by atoms with van der Waals surface area (Å²) in [5.74, 6) is -1.26. The van der Waals surface area contributed by atoms with Crippen LogP contribution in [0.5, 0.6) is 0 Å². The van der Waals surface area contributed by atoms with Gasteiger partial charge in [0.15, 0.2) is 9.84 Å². The molecule has 1 amide bonds. The Morgan fingerprint density at radius 2 is 1.55 bits per heavy atom. The quantitative estimate of drug-likeness (QED) is 0.208. The van der Waals surface area contributed by atoms with Crippen LogP contribution in [0.15, 0.2) is 42.5 Å². The molecule has 2 N–H and O–H groups in total. The van der Waals surface area contributed by atoms with E-state index < -0.39 is 33.1 Å². The van der Waals surface area contributed by atoms with Crippen molar-refractivity contribution in [3.63, 3.8) is 0 Å². The number of ether oxygens (including phenoxy) is 2. The minimum absolute atomic E-state index is 0.122. The van der Waals surface area contributed by atoms with Crippen LogP contribution in [0, 0.1) is 0 Å². The molecule has 9 nitrogen and oxygen atoms in total. The zero-order valence-electron chi connectivity index (χ0n) is 24.2. The van der Waals surface area contributed by atoms with Gasteiger partial charge in [0.05, 0.1) is 22.7 Å². The zero-order chi connectivity index (χ0) is 31.0. The van der Waals surface area contributed by atoms with E-state index in [2.05, 4.69) is 10.3 Å². The van der Waals surface area contributed by atoms with Crippen molar-refractivity contribution in [2.75, 3.05) is 12.3 Å². The summed E-state index contributed by atoms with van der Waals surface area (Å²) in [4.78, 5) is 33.2. The number of benzene rings is 2. The van der Waals surface area contributed by atoms with Gasteiger partial charge in [0.25, 0.3) is 0 Å². The summed E-state index contributed by atoms with van der Waals surface area (Å²) in [7, 11) is -3.71. The highest BCUT2D eigenvalue weighted by atomic mass is 35.5. The summed E-state index contributed by atoms with van der Waals surface area (Å²) in [6, 6.07) is 11.8. The Morgan fingerprint density at radius 3 is 2.21 bits per heavy atom. The van der Waals surface area contributed by atoms with Crippen molar-refractivity contribution < 1.29 is 27.5 Å². The Kier molecular flexibility index (Phi) is 8.83. The first-order valence-electron chi connectivity index (χ1n) is 13.2. The van der Waals surface area contributed by atoms with E-state index in [1.54, 1.807) is 84.0 Å². The van der Waals surface area contributed by atoms with E-state index >= 15 is 0 Å². The molecule has 0 atom stereocenters. The zero-order valence-corrected chi connectivity index (χ0v) is 26.6. The van der Waals surface area contributed by atoms with Crippen LogP contribution in [0.25, 0.3) is 33.1 Å². The lowest BCUT2D eigenvalue weighted by Gasteiger charge is -2.20. The van der Waals surface area contributed by atoms with Gasteiger partial charge in [-0.2, -0.15) is 0 Å². The van der Waals surface area contributed by atoms with E-state index in [1.807, 2.05) is 0 Å². The summed E-state index contributed by atoms with van der Waals surface area (Å²) in [6.45, 7) is 10.3. The molecule has 4 aromatic rings. The molecule has 0 fully saturated rings. The van der Waals surface area contributed by atoms with Crippen molar-refractivity contribution in [1.82, 2.24) is 15.3 Å². The largest absolute Gasteiger partial charge is 0.455 e. The molecule has 0 aliphatic rings. The third kappa shape index (κ3) is 7.93. The molecular formula is C30H33Cl2N3O6S. The highest BCUT2D eigenvalue weighted by Crippen LogP contribution is 2.37. The molecule has 0 aliphatic heterocycles. The molecule has 2 aromatic carbocycles. The maximum absolute atomic E-state index is 13.3. The van der Waals surface area contributed by atoms with Gasteiger partial charge in [-0.1, -0.05) is 29.3 Å². The monoisotopic (exact) mass is 633 g/mol. The molecule has 4 rings (SSSR count). The molecule has 0 spiro atoms. The van der Waals surface area contributed by atoms with E-state index in [9.17, 15) is 18.0 Å². The van der Waals surface area contributed by atoms with Crippen molar-refractivity contribution in [2.45, 2.75) is 58.5 Å². The Labute approximate surface area is 254 Å². The number of nitrogens with one attached hydrogen (secondary N) is 2. The Bertz CT molecular complexity index is 1790. The summed E-state index contributed by atoms with van der Waals surface area (Å²) >= 11 is 12.6. The number of hydrogen-bond donors (Lipinski definition) is 2. The molecule has 0 saturated carbocycles.